The first-order chi connectivity index (χ1) is 14.0. The molecule has 1 aromatic carbocycles. The highest BCUT2D eigenvalue weighted by Gasteiger charge is 2.45. The zero-order valence-corrected chi connectivity index (χ0v) is 16.9. The summed E-state index contributed by atoms with van der Waals surface area (Å²) in [6, 6.07) is 6.34. The fourth-order valence-corrected chi connectivity index (χ4v) is 4.28. The molecule has 1 aliphatic rings. The molecule has 1 atom stereocenters. The van der Waals surface area contributed by atoms with Crippen LogP contribution in [0.1, 0.15) is 24.3 Å². The summed E-state index contributed by atoms with van der Waals surface area (Å²) in [6.45, 7) is 1.70. The largest absolute Gasteiger partial charge is 0.503 e. The number of hydrogen-bond donors (Lipinski definition) is 2. The summed E-state index contributed by atoms with van der Waals surface area (Å²) >= 11 is 1.40. The summed E-state index contributed by atoms with van der Waals surface area (Å²) in [4.78, 5) is 35.2. The molecule has 150 valence electrons. The van der Waals surface area contributed by atoms with Crippen LogP contribution in [0.3, 0.4) is 0 Å². The van der Waals surface area contributed by atoms with E-state index < -0.39 is 17.7 Å². The number of methoxy groups -OCH3 is 2. The van der Waals surface area contributed by atoms with E-state index in [2.05, 4.69) is 9.97 Å². The van der Waals surface area contributed by atoms with Crippen molar-refractivity contribution in [3.8, 4) is 11.5 Å². The highest BCUT2D eigenvalue weighted by molar-refractivity contribution is 7.10. The minimum atomic E-state index is -0.737. The molecule has 1 amide bonds. The summed E-state index contributed by atoms with van der Waals surface area (Å²) in [5.41, 5.74) is 1.28. The van der Waals surface area contributed by atoms with Crippen LogP contribution in [0.15, 0.2) is 41.0 Å². The average molecular weight is 413 g/mol. The van der Waals surface area contributed by atoms with Gasteiger partial charge in [0.1, 0.15) is 6.04 Å². The van der Waals surface area contributed by atoms with Gasteiger partial charge in [0.25, 0.3) is 5.91 Å². The standard InChI is InChI=1S/C20H19N3O5S/c1-4-12(24)16-17(15-6-5-7-29-15)23(19(26)18(16)25)20-21-10-8-13(27-2)14(28-3)9-11(10)22-20/h5-9,17,25H,4H2,1-3H3,(H,21,22). The minimum absolute atomic E-state index is 0.0931. The van der Waals surface area contributed by atoms with Gasteiger partial charge < -0.3 is 19.6 Å². The molecule has 0 fully saturated rings. The molecule has 4 rings (SSSR count). The number of fused-ring (bicyclic) bond motifs is 1. The van der Waals surface area contributed by atoms with Crippen LogP contribution in [-0.2, 0) is 9.59 Å². The number of amides is 1. The maximum Gasteiger partial charge on any atom is 0.296 e. The van der Waals surface area contributed by atoms with Gasteiger partial charge in [0.2, 0.25) is 5.95 Å². The number of carbonyl (C=O) groups excluding carboxylic acids is 2. The number of benzene rings is 1. The molecule has 29 heavy (non-hydrogen) atoms. The number of anilines is 1. The number of hydrogen-bond acceptors (Lipinski definition) is 7. The second-order valence-corrected chi connectivity index (χ2v) is 7.40. The Labute approximate surface area is 170 Å². The summed E-state index contributed by atoms with van der Waals surface area (Å²) in [6.07, 6.45) is 0.177. The third kappa shape index (κ3) is 2.94. The Hall–Kier alpha value is -3.33. The number of aromatic amines is 1. The molecule has 3 heterocycles. The van der Waals surface area contributed by atoms with E-state index in [1.54, 1.807) is 19.1 Å². The lowest BCUT2D eigenvalue weighted by molar-refractivity contribution is -0.118. The van der Waals surface area contributed by atoms with E-state index in [-0.39, 0.29) is 23.7 Å². The Kier molecular flexibility index (Phi) is 4.75. The van der Waals surface area contributed by atoms with Gasteiger partial charge in [0.05, 0.1) is 30.8 Å². The number of nitrogens with zero attached hydrogens (tertiary/aromatic N) is 2. The zero-order chi connectivity index (χ0) is 20.7. The monoisotopic (exact) mass is 413 g/mol. The van der Waals surface area contributed by atoms with Crippen LogP contribution in [0.5, 0.6) is 11.5 Å². The average Bonchev–Trinajstić information content (AvgIpc) is 3.44. The first-order valence-electron chi connectivity index (χ1n) is 8.95. The van der Waals surface area contributed by atoms with Crippen molar-refractivity contribution in [2.45, 2.75) is 19.4 Å². The number of H-pyrrole nitrogens is 1. The van der Waals surface area contributed by atoms with E-state index in [0.717, 1.165) is 4.88 Å². The molecule has 1 aliphatic heterocycles. The molecule has 0 saturated carbocycles. The van der Waals surface area contributed by atoms with Crippen LogP contribution in [0, 0.1) is 0 Å². The number of imidazole rings is 1. The normalized spacial score (nSPS) is 16.7. The minimum Gasteiger partial charge on any atom is -0.503 e. The number of aromatic nitrogens is 2. The molecule has 0 aliphatic carbocycles. The van der Waals surface area contributed by atoms with Crippen molar-refractivity contribution in [1.82, 2.24) is 9.97 Å². The van der Waals surface area contributed by atoms with Gasteiger partial charge in [0.15, 0.2) is 23.0 Å². The fraction of sp³-hybridized carbons (Fsp3) is 0.250. The smallest absolute Gasteiger partial charge is 0.296 e. The van der Waals surface area contributed by atoms with E-state index in [0.29, 0.717) is 22.5 Å². The molecule has 2 N–H and O–H groups in total. The van der Waals surface area contributed by atoms with Gasteiger partial charge in [-0.2, -0.15) is 0 Å². The van der Waals surface area contributed by atoms with E-state index in [1.807, 2.05) is 17.5 Å². The number of ketones is 1. The number of ether oxygens (including phenoxy) is 2. The van der Waals surface area contributed by atoms with Crippen LogP contribution in [0.2, 0.25) is 0 Å². The van der Waals surface area contributed by atoms with Crippen LogP contribution >= 0.6 is 11.3 Å². The second-order valence-electron chi connectivity index (χ2n) is 6.42. The fourth-order valence-electron chi connectivity index (χ4n) is 3.45. The van der Waals surface area contributed by atoms with Crippen molar-refractivity contribution in [3.05, 3.63) is 45.9 Å². The molecule has 2 aromatic heterocycles. The summed E-state index contributed by atoms with van der Waals surface area (Å²) in [7, 11) is 3.06. The van der Waals surface area contributed by atoms with Crippen LogP contribution in [-0.4, -0.2) is 41.0 Å². The first-order valence-corrected chi connectivity index (χ1v) is 9.83. The number of carbonyl (C=O) groups is 2. The third-order valence-corrected chi connectivity index (χ3v) is 5.77. The Morgan fingerprint density at radius 1 is 1.31 bits per heavy atom. The Morgan fingerprint density at radius 2 is 2.03 bits per heavy atom. The predicted octanol–water partition coefficient (Wildman–Crippen LogP) is 3.52. The summed E-state index contributed by atoms with van der Waals surface area (Å²) < 4.78 is 10.6. The van der Waals surface area contributed by atoms with Crippen molar-refractivity contribution >= 4 is 40.0 Å². The van der Waals surface area contributed by atoms with Gasteiger partial charge in [0, 0.05) is 23.4 Å². The van der Waals surface area contributed by atoms with Crippen molar-refractivity contribution < 1.29 is 24.2 Å². The topological polar surface area (TPSA) is 105 Å². The van der Waals surface area contributed by atoms with E-state index in [4.69, 9.17) is 9.47 Å². The van der Waals surface area contributed by atoms with Crippen LogP contribution < -0.4 is 14.4 Å². The molecule has 9 heteroatoms. The zero-order valence-electron chi connectivity index (χ0n) is 16.1. The molecule has 0 bridgehead atoms. The van der Waals surface area contributed by atoms with E-state index in [1.165, 1.54) is 30.5 Å². The lowest BCUT2D eigenvalue weighted by Crippen LogP contribution is -2.31. The van der Waals surface area contributed by atoms with E-state index >= 15 is 0 Å². The lowest BCUT2D eigenvalue weighted by Gasteiger charge is -2.22. The molecule has 0 radical (unpaired) electrons. The molecule has 0 saturated heterocycles. The highest BCUT2D eigenvalue weighted by Crippen LogP contribution is 2.43. The Morgan fingerprint density at radius 3 is 2.66 bits per heavy atom. The molecule has 8 nitrogen and oxygen atoms in total. The third-order valence-electron chi connectivity index (χ3n) is 4.85. The number of thiophene rings is 1. The summed E-state index contributed by atoms with van der Waals surface area (Å²) in [5, 5.41) is 12.3. The Balaban J connectivity index is 1.87. The number of Topliss-reactive ketones (excluding diaryl/α,β-unsaturated/α-hetero) is 1. The number of aliphatic hydroxyl groups excluding tert-OH is 1. The molecular formula is C20H19N3O5S. The van der Waals surface area contributed by atoms with Gasteiger partial charge in [-0.3, -0.25) is 14.5 Å². The first kappa shape index (κ1) is 19.0. The Bertz CT molecular complexity index is 1090. The van der Waals surface area contributed by atoms with Crippen molar-refractivity contribution in [2.75, 3.05) is 19.1 Å². The SMILES string of the molecule is CCC(=O)C1=C(O)C(=O)N(c2nc3cc(OC)c(OC)cc3[nH]2)C1c1cccs1. The van der Waals surface area contributed by atoms with Gasteiger partial charge in [-0.15, -0.1) is 11.3 Å². The maximum absolute atomic E-state index is 12.9. The van der Waals surface area contributed by atoms with Crippen molar-refractivity contribution in [2.24, 2.45) is 0 Å². The molecule has 1 unspecified atom stereocenters. The van der Waals surface area contributed by atoms with Crippen LogP contribution in [0.25, 0.3) is 11.0 Å². The van der Waals surface area contributed by atoms with Gasteiger partial charge >= 0.3 is 0 Å². The van der Waals surface area contributed by atoms with Gasteiger partial charge in [-0.25, -0.2) is 4.98 Å². The van der Waals surface area contributed by atoms with Crippen molar-refractivity contribution in [3.63, 3.8) is 0 Å². The van der Waals surface area contributed by atoms with Crippen LogP contribution in [0.4, 0.5) is 5.95 Å². The lowest BCUT2D eigenvalue weighted by atomic mass is 10.0. The second kappa shape index (κ2) is 7.25. The quantitative estimate of drug-likeness (QED) is 0.641. The van der Waals surface area contributed by atoms with E-state index in [9.17, 15) is 14.7 Å². The number of rotatable bonds is 6. The maximum atomic E-state index is 12.9. The number of nitrogens with one attached hydrogen (secondary N) is 1. The molecule has 0 spiro atoms. The summed E-state index contributed by atoms with van der Waals surface area (Å²) in [5.74, 6) is -0.242. The van der Waals surface area contributed by atoms with Crippen molar-refractivity contribution in [1.29, 1.82) is 0 Å². The molecular weight excluding hydrogens is 394 g/mol. The predicted molar refractivity (Wildman–Crippen MR) is 109 cm³/mol. The van der Waals surface area contributed by atoms with Gasteiger partial charge in [-0.05, 0) is 11.4 Å². The van der Waals surface area contributed by atoms with Gasteiger partial charge in [-0.1, -0.05) is 13.0 Å². The molecule has 3 aromatic rings. The highest BCUT2D eigenvalue weighted by atomic mass is 32.1. The number of aliphatic hydroxyl groups is 1.